The molecule has 1 saturated heterocycles. The average Bonchev–Trinajstić information content (AvgIpc) is 2.52. The number of piperazine rings is 1. The van der Waals surface area contributed by atoms with Gasteiger partial charge in [-0.05, 0) is 55.8 Å². The van der Waals surface area contributed by atoms with Crippen LogP contribution in [-0.4, -0.2) is 65.7 Å². The van der Waals surface area contributed by atoms with Gasteiger partial charge in [-0.1, -0.05) is 15.9 Å². The van der Waals surface area contributed by atoms with E-state index in [-0.39, 0.29) is 11.3 Å². The van der Waals surface area contributed by atoms with E-state index in [1.165, 1.54) is 38.5 Å². The number of carbonyl (C=O) groups excluding carboxylic acids is 2. The van der Waals surface area contributed by atoms with E-state index in [0.29, 0.717) is 16.8 Å². The number of rotatable bonds is 4. The number of halogens is 1. The minimum absolute atomic E-state index is 0.0518. The quantitative estimate of drug-likeness (QED) is 0.719. The van der Waals surface area contributed by atoms with Gasteiger partial charge in [0.2, 0.25) is 11.8 Å². The standard InChI is InChI=1S/C19H30BrN3O2/c1-21-16(24)12-22-2-4-23(5-3-22)17(25)11-18-7-14-6-15(8-18)10-19(20,9-14)13-18/h14-15H,2-13H2,1H3,(H,21,24). The number of alkyl halides is 1. The molecular formula is C19H30BrN3O2. The fraction of sp³-hybridized carbons (Fsp3) is 0.895. The Morgan fingerprint density at radius 1 is 1.08 bits per heavy atom. The van der Waals surface area contributed by atoms with Gasteiger partial charge in [0.15, 0.2) is 0 Å². The maximum absolute atomic E-state index is 13.0. The van der Waals surface area contributed by atoms with Gasteiger partial charge in [-0.2, -0.15) is 0 Å². The van der Waals surface area contributed by atoms with E-state index in [4.69, 9.17) is 0 Å². The van der Waals surface area contributed by atoms with Crippen molar-refractivity contribution in [1.29, 1.82) is 0 Å². The zero-order chi connectivity index (χ0) is 17.7. The predicted molar refractivity (Wildman–Crippen MR) is 100 cm³/mol. The van der Waals surface area contributed by atoms with Crippen LogP contribution < -0.4 is 5.32 Å². The van der Waals surface area contributed by atoms with Gasteiger partial charge >= 0.3 is 0 Å². The van der Waals surface area contributed by atoms with Crippen LogP contribution in [0.4, 0.5) is 0 Å². The Hall–Kier alpha value is -0.620. The Morgan fingerprint density at radius 2 is 1.72 bits per heavy atom. The lowest BCUT2D eigenvalue weighted by atomic mass is 9.48. The normalized spacial score (nSPS) is 40.3. The third kappa shape index (κ3) is 3.61. The lowest BCUT2D eigenvalue weighted by molar-refractivity contribution is -0.140. The van der Waals surface area contributed by atoms with Crippen molar-refractivity contribution in [1.82, 2.24) is 15.1 Å². The highest BCUT2D eigenvalue weighted by Gasteiger charge is 2.57. The molecule has 6 heteroatoms. The maximum Gasteiger partial charge on any atom is 0.233 e. The Kier molecular flexibility index (Phi) is 4.64. The predicted octanol–water partition coefficient (Wildman–Crippen LogP) is 2.00. The lowest BCUT2D eigenvalue weighted by Crippen LogP contribution is -2.55. The van der Waals surface area contributed by atoms with Gasteiger partial charge in [0, 0.05) is 44.0 Å². The molecular weight excluding hydrogens is 382 g/mol. The monoisotopic (exact) mass is 411 g/mol. The molecule has 0 spiro atoms. The molecule has 0 aromatic carbocycles. The van der Waals surface area contributed by atoms with Gasteiger partial charge in [0.05, 0.1) is 6.54 Å². The molecule has 140 valence electrons. The summed E-state index contributed by atoms with van der Waals surface area (Å²) in [5.74, 6) is 2.06. The molecule has 1 aliphatic heterocycles. The fourth-order valence-corrected chi connectivity index (χ4v) is 7.92. The topological polar surface area (TPSA) is 52.7 Å². The summed E-state index contributed by atoms with van der Waals surface area (Å²) in [6, 6.07) is 0. The number of nitrogens with zero attached hydrogens (tertiary/aromatic N) is 2. The van der Waals surface area contributed by atoms with Crippen LogP contribution in [0.5, 0.6) is 0 Å². The zero-order valence-corrected chi connectivity index (χ0v) is 16.8. The van der Waals surface area contributed by atoms with Crippen molar-refractivity contribution in [3.63, 3.8) is 0 Å². The van der Waals surface area contributed by atoms with E-state index in [1.54, 1.807) is 7.05 Å². The second kappa shape index (κ2) is 6.52. The third-order valence-corrected chi connectivity index (χ3v) is 7.94. The van der Waals surface area contributed by atoms with Crippen molar-refractivity contribution in [2.24, 2.45) is 17.3 Å². The Balaban J connectivity index is 1.33. The third-order valence-electron chi connectivity index (χ3n) is 7.01. The van der Waals surface area contributed by atoms with Gasteiger partial charge in [-0.15, -0.1) is 0 Å². The van der Waals surface area contributed by atoms with E-state index in [9.17, 15) is 9.59 Å². The van der Waals surface area contributed by atoms with Crippen molar-refractivity contribution in [2.45, 2.75) is 49.3 Å². The maximum atomic E-state index is 13.0. The van der Waals surface area contributed by atoms with Gasteiger partial charge < -0.3 is 10.2 Å². The SMILES string of the molecule is CNC(=O)CN1CCN(C(=O)CC23CC4CC(CC(Br)(C4)C2)C3)CC1. The highest BCUT2D eigenvalue weighted by atomic mass is 79.9. The van der Waals surface area contributed by atoms with E-state index in [1.807, 2.05) is 4.90 Å². The Bertz CT molecular complexity index is 545. The van der Waals surface area contributed by atoms with Crippen LogP contribution in [0.2, 0.25) is 0 Å². The van der Waals surface area contributed by atoms with E-state index >= 15 is 0 Å². The molecule has 1 N–H and O–H groups in total. The molecule has 4 aliphatic carbocycles. The summed E-state index contributed by atoms with van der Waals surface area (Å²) >= 11 is 4.05. The lowest BCUT2D eigenvalue weighted by Gasteiger charge is -2.60. The summed E-state index contributed by atoms with van der Waals surface area (Å²) in [5, 5.41) is 2.67. The highest BCUT2D eigenvalue weighted by molar-refractivity contribution is 9.10. The van der Waals surface area contributed by atoms with Crippen LogP contribution >= 0.6 is 15.9 Å². The van der Waals surface area contributed by atoms with Gasteiger partial charge in [0.1, 0.15) is 0 Å². The second-order valence-corrected chi connectivity index (χ2v) is 10.8. The van der Waals surface area contributed by atoms with Crippen LogP contribution in [0.25, 0.3) is 0 Å². The molecule has 5 fully saturated rings. The Morgan fingerprint density at radius 3 is 2.28 bits per heavy atom. The smallest absolute Gasteiger partial charge is 0.233 e. The summed E-state index contributed by atoms with van der Waals surface area (Å²) in [5.41, 5.74) is 0.254. The molecule has 5 aliphatic rings. The van der Waals surface area contributed by atoms with Gasteiger partial charge in [0.25, 0.3) is 0 Å². The second-order valence-electron chi connectivity index (χ2n) is 9.12. The first-order valence-electron chi connectivity index (χ1n) is 9.78. The number of hydrogen-bond donors (Lipinski definition) is 1. The van der Waals surface area contributed by atoms with Crippen LogP contribution in [-0.2, 0) is 9.59 Å². The fourth-order valence-electron chi connectivity index (χ4n) is 6.41. The summed E-state index contributed by atoms with van der Waals surface area (Å²) in [6.07, 6.45) is 8.48. The Labute approximate surface area is 159 Å². The minimum atomic E-state index is 0.0518. The summed E-state index contributed by atoms with van der Waals surface area (Å²) < 4.78 is 0.323. The zero-order valence-electron chi connectivity index (χ0n) is 15.2. The van der Waals surface area contributed by atoms with Gasteiger partial charge in [-0.3, -0.25) is 14.5 Å². The van der Waals surface area contributed by atoms with Crippen molar-refractivity contribution in [3.8, 4) is 0 Å². The molecule has 25 heavy (non-hydrogen) atoms. The molecule has 2 atom stereocenters. The molecule has 0 aromatic rings. The number of nitrogens with one attached hydrogen (secondary N) is 1. The molecule has 4 bridgehead atoms. The highest BCUT2D eigenvalue weighted by Crippen LogP contribution is 2.65. The van der Waals surface area contributed by atoms with Crippen LogP contribution in [0, 0.1) is 17.3 Å². The summed E-state index contributed by atoms with van der Waals surface area (Å²) in [7, 11) is 1.67. The number of hydrogen-bond acceptors (Lipinski definition) is 3. The first-order valence-corrected chi connectivity index (χ1v) is 10.6. The van der Waals surface area contributed by atoms with E-state index < -0.39 is 0 Å². The van der Waals surface area contributed by atoms with Crippen molar-refractivity contribution < 1.29 is 9.59 Å². The van der Waals surface area contributed by atoms with Crippen LogP contribution in [0.3, 0.4) is 0 Å². The van der Waals surface area contributed by atoms with Crippen molar-refractivity contribution in [3.05, 3.63) is 0 Å². The van der Waals surface area contributed by atoms with E-state index in [2.05, 4.69) is 26.1 Å². The molecule has 5 rings (SSSR count). The van der Waals surface area contributed by atoms with Crippen LogP contribution in [0.15, 0.2) is 0 Å². The molecule has 2 amide bonds. The van der Waals surface area contributed by atoms with Crippen LogP contribution in [0.1, 0.15) is 44.9 Å². The van der Waals surface area contributed by atoms with E-state index in [0.717, 1.165) is 44.4 Å². The summed E-state index contributed by atoms with van der Waals surface area (Å²) in [6.45, 7) is 3.58. The number of likely N-dealkylation sites (N-methyl/N-ethyl adjacent to an activating group) is 1. The average molecular weight is 412 g/mol. The molecule has 0 radical (unpaired) electrons. The van der Waals surface area contributed by atoms with Gasteiger partial charge in [-0.25, -0.2) is 0 Å². The molecule has 2 unspecified atom stereocenters. The largest absolute Gasteiger partial charge is 0.358 e. The molecule has 5 nitrogen and oxygen atoms in total. The minimum Gasteiger partial charge on any atom is -0.358 e. The molecule has 4 saturated carbocycles. The molecule has 0 aromatic heterocycles. The number of amides is 2. The number of carbonyl (C=O) groups is 2. The van der Waals surface area contributed by atoms with Crippen molar-refractivity contribution in [2.75, 3.05) is 39.8 Å². The van der Waals surface area contributed by atoms with Crippen molar-refractivity contribution >= 4 is 27.7 Å². The summed E-state index contributed by atoms with van der Waals surface area (Å²) in [4.78, 5) is 28.7. The molecule has 1 heterocycles. The first-order chi connectivity index (χ1) is 11.9. The first kappa shape index (κ1) is 17.8.